The highest BCUT2D eigenvalue weighted by Crippen LogP contribution is 2.54. The quantitative estimate of drug-likeness (QED) is 0.880. The maximum Gasteiger partial charge on any atom is 0.0718 e. The standard InChI is InChI=1S/C18H27N3/c1-5-10-19-16(14-12-18(14,2)3)11-15-13-8-6-7-9-17(13)21(4)20-15/h6-9,14,16,19H,5,10-12H2,1-4H3. The van der Waals surface area contributed by atoms with E-state index in [1.54, 1.807) is 0 Å². The van der Waals surface area contributed by atoms with Crippen LogP contribution in [0.4, 0.5) is 0 Å². The fourth-order valence-corrected chi connectivity index (χ4v) is 3.53. The largest absolute Gasteiger partial charge is 0.313 e. The Morgan fingerprint density at radius 1 is 1.38 bits per heavy atom. The Kier molecular flexibility index (Phi) is 3.78. The molecule has 1 fully saturated rings. The van der Waals surface area contributed by atoms with Crippen molar-refractivity contribution in [2.24, 2.45) is 18.4 Å². The van der Waals surface area contributed by atoms with Crippen molar-refractivity contribution in [2.75, 3.05) is 6.54 Å². The molecule has 114 valence electrons. The zero-order chi connectivity index (χ0) is 15.0. The van der Waals surface area contributed by atoms with Gasteiger partial charge in [-0.3, -0.25) is 4.68 Å². The van der Waals surface area contributed by atoms with Crippen molar-refractivity contribution in [3.05, 3.63) is 30.0 Å². The summed E-state index contributed by atoms with van der Waals surface area (Å²) in [4.78, 5) is 0. The second kappa shape index (κ2) is 5.45. The van der Waals surface area contributed by atoms with Crippen molar-refractivity contribution in [2.45, 2.75) is 46.1 Å². The van der Waals surface area contributed by atoms with Crippen LogP contribution in [0.15, 0.2) is 24.3 Å². The summed E-state index contributed by atoms with van der Waals surface area (Å²) in [6.45, 7) is 8.10. The molecule has 1 aliphatic carbocycles. The average molecular weight is 285 g/mol. The van der Waals surface area contributed by atoms with E-state index in [1.165, 1.54) is 29.4 Å². The summed E-state index contributed by atoms with van der Waals surface area (Å²) >= 11 is 0. The molecule has 2 atom stereocenters. The number of nitrogens with zero attached hydrogens (tertiary/aromatic N) is 2. The molecule has 0 radical (unpaired) electrons. The SMILES string of the molecule is CCCNC(Cc1nn(C)c2ccccc12)C1CC1(C)C. The van der Waals surface area contributed by atoms with Crippen LogP contribution in [0.2, 0.25) is 0 Å². The highest BCUT2D eigenvalue weighted by Gasteiger charge is 2.49. The van der Waals surface area contributed by atoms with Crippen molar-refractivity contribution in [1.82, 2.24) is 15.1 Å². The Morgan fingerprint density at radius 3 is 2.76 bits per heavy atom. The van der Waals surface area contributed by atoms with Gasteiger partial charge in [-0.15, -0.1) is 0 Å². The van der Waals surface area contributed by atoms with E-state index >= 15 is 0 Å². The zero-order valence-corrected chi connectivity index (χ0v) is 13.7. The number of aryl methyl sites for hydroxylation is 1. The van der Waals surface area contributed by atoms with Crippen molar-refractivity contribution in [1.29, 1.82) is 0 Å². The summed E-state index contributed by atoms with van der Waals surface area (Å²) in [5.41, 5.74) is 2.97. The van der Waals surface area contributed by atoms with E-state index in [2.05, 4.69) is 50.4 Å². The molecular formula is C18H27N3. The second-order valence-corrected chi connectivity index (χ2v) is 7.15. The van der Waals surface area contributed by atoms with Crippen LogP contribution >= 0.6 is 0 Å². The van der Waals surface area contributed by atoms with Crippen molar-refractivity contribution in [3.8, 4) is 0 Å². The van der Waals surface area contributed by atoms with Gasteiger partial charge in [0.25, 0.3) is 0 Å². The van der Waals surface area contributed by atoms with Gasteiger partial charge in [-0.1, -0.05) is 39.0 Å². The molecule has 3 heteroatoms. The maximum atomic E-state index is 4.77. The number of aromatic nitrogens is 2. The summed E-state index contributed by atoms with van der Waals surface area (Å²) < 4.78 is 2.01. The Bertz CT molecular complexity index is 626. The molecule has 1 aromatic carbocycles. The molecule has 21 heavy (non-hydrogen) atoms. The summed E-state index contributed by atoms with van der Waals surface area (Å²) in [5, 5.41) is 9.84. The second-order valence-electron chi connectivity index (χ2n) is 7.15. The van der Waals surface area contributed by atoms with Crippen LogP contribution in [0.5, 0.6) is 0 Å². The molecular weight excluding hydrogens is 258 g/mol. The molecule has 0 amide bonds. The molecule has 2 unspecified atom stereocenters. The van der Waals surface area contributed by atoms with Gasteiger partial charge in [-0.05, 0) is 36.8 Å². The minimum atomic E-state index is 0.496. The van der Waals surface area contributed by atoms with Crippen LogP contribution in [0.3, 0.4) is 0 Å². The first-order valence-corrected chi connectivity index (χ1v) is 8.17. The van der Waals surface area contributed by atoms with Crippen LogP contribution in [-0.2, 0) is 13.5 Å². The van der Waals surface area contributed by atoms with Crippen LogP contribution in [0, 0.1) is 11.3 Å². The molecule has 1 saturated carbocycles. The fraction of sp³-hybridized carbons (Fsp3) is 0.611. The molecule has 2 aromatic rings. The number of para-hydroxylation sites is 1. The molecule has 1 heterocycles. The Morgan fingerprint density at radius 2 is 2.10 bits per heavy atom. The van der Waals surface area contributed by atoms with Gasteiger partial charge in [0, 0.05) is 24.9 Å². The highest BCUT2D eigenvalue weighted by molar-refractivity contribution is 5.81. The van der Waals surface area contributed by atoms with Gasteiger partial charge in [0.1, 0.15) is 0 Å². The van der Waals surface area contributed by atoms with Crippen LogP contribution < -0.4 is 5.32 Å². The van der Waals surface area contributed by atoms with Crippen LogP contribution in [0.25, 0.3) is 10.9 Å². The molecule has 0 bridgehead atoms. The van der Waals surface area contributed by atoms with Crippen molar-refractivity contribution in [3.63, 3.8) is 0 Å². The Labute approximate surface area is 127 Å². The van der Waals surface area contributed by atoms with Crippen LogP contribution in [0.1, 0.15) is 39.3 Å². The van der Waals surface area contributed by atoms with E-state index < -0.39 is 0 Å². The van der Waals surface area contributed by atoms with Gasteiger partial charge in [0.15, 0.2) is 0 Å². The van der Waals surface area contributed by atoms with Crippen LogP contribution in [-0.4, -0.2) is 22.4 Å². The van der Waals surface area contributed by atoms with E-state index in [4.69, 9.17) is 5.10 Å². The number of hydrogen-bond donors (Lipinski definition) is 1. The van der Waals surface area contributed by atoms with Gasteiger partial charge in [0.2, 0.25) is 0 Å². The van der Waals surface area contributed by atoms with E-state index in [0.717, 1.165) is 18.9 Å². The predicted molar refractivity (Wildman–Crippen MR) is 88.4 cm³/mol. The molecule has 1 aliphatic rings. The first-order chi connectivity index (χ1) is 10.0. The lowest BCUT2D eigenvalue weighted by Crippen LogP contribution is -2.35. The number of benzene rings is 1. The van der Waals surface area contributed by atoms with Crippen molar-refractivity contribution < 1.29 is 0 Å². The lowest BCUT2D eigenvalue weighted by molar-refractivity contribution is 0.399. The van der Waals surface area contributed by atoms with E-state index in [1.807, 2.05) is 11.7 Å². The lowest BCUT2D eigenvalue weighted by atomic mass is 9.98. The van der Waals surface area contributed by atoms with E-state index in [-0.39, 0.29) is 0 Å². The van der Waals surface area contributed by atoms with E-state index in [0.29, 0.717) is 11.5 Å². The number of hydrogen-bond acceptors (Lipinski definition) is 2. The van der Waals surface area contributed by atoms with E-state index in [9.17, 15) is 0 Å². The zero-order valence-electron chi connectivity index (χ0n) is 13.7. The summed E-state index contributed by atoms with van der Waals surface area (Å²) in [7, 11) is 2.04. The number of rotatable bonds is 6. The molecule has 1 N–H and O–H groups in total. The predicted octanol–water partition coefficient (Wildman–Crippen LogP) is 3.53. The first kappa shape index (κ1) is 14.6. The van der Waals surface area contributed by atoms with Gasteiger partial charge >= 0.3 is 0 Å². The summed E-state index contributed by atoms with van der Waals surface area (Å²) in [6, 6.07) is 9.11. The van der Waals surface area contributed by atoms with Crippen molar-refractivity contribution >= 4 is 10.9 Å². The third kappa shape index (κ3) is 2.84. The smallest absolute Gasteiger partial charge is 0.0718 e. The molecule has 0 spiro atoms. The summed E-state index contributed by atoms with van der Waals surface area (Å²) in [5.74, 6) is 0.782. The molecule has 0 aliphatic heterocycles. The van der Waals surface area contributed by atoms with Gasteiger partial charge in [0.05, 0.1) is 11.2 Å². The highest BCUT2D eigenvalue weighted by atomic mass is 15.3. The topological polar surface area (TPSA) is 29.9 Å². The third-order valence-electron chi connectivity index (χ3n) is 4.98. The third-order valence-corrected chi connectivity index (χ3v) is 4.98. The minimum absolute atomic E-state index is 0.496. The minimum Gasteiger partial charge on any atom is -0.313 e. The molecule has 0 saturated heterocycles. The molecule has 3 nitrogen and oxygen atoms in total. The Balaban J connectivity index is 1.84. The normalized spacial score (nSPS) is 21.6. The number of fused-ring (bicyclic) bond motifs is 1. The average Bonchev–Trinajstić information content (AvgIpc) is 2.98. The first-order valence-electron chi connectivity index (χ1n) is 8.17. The monoisotopic (exact) mass is 285 g/mol. The van der Waals surface area contributed by atoms with Gasteiger partial charge < -0.3 is 5.32 Å². The molecule has 1 aromatic heterocycles. The van der Waals surface area contributed by atoms with Gasteiger partial charge in [-0.2, -0.15) is 5.10 Å². The Hall–Kier alpha value is -1.35. The lowest BCUT2D eigenvalue weighted by Gasteiger charge is -2.19. The maximum absolute atomic E-state index is 4.77. The number of nitrogens with one attached hydrogen (secondary N) is 1. The van der Waals surface area contributed by atoms with Gasteiger partial charge in [-0.25, -0.2) is 0 Å². The fourth-order valence-electron chi connectivity index (χ4n) is 3.53. The summed E-state index contributed by atoms with van der Waals surface area (Å²) in [6.07, 6.45) is 3.56. The molecule has 3 rings (SSSR count).